The molecule has 4 heteroatoms. The van der Waals surface area contributed by atoms with Crippen molar-refractivity contribution in [1.82, 2.24) is 14.5 Å². The molecule has 2 rings (SSSR count). The summed E-state index contributed by atoms with van der Waals surface area (Å²) in [4.78, 5) is 8.74. The lowest BCUT2D eigenvalue weighted by Crippen LogP contribution is -2.22. The van der Waals surface area contributed by atoms with Crippen molar-refractivity contribution in [2.45, 2.75) is 39.8 Å². The number of fused-ring (bicyclic) bond motifs is 1. The van der Waals surface area contributed by atoms with Gasteiger partial charge in [-0.2, -0.15) is 0 Å². The third-order valence-electron chi connectivity index (χ3n) is 3.05. The minimum Gasteiger partial charge on any atom is -0.324 e. The molecule has 0 aliphatic carbocycles. The van der Waals surface area contributed by atoms with Crippen molar-refractivity contribution >= 4 is 11.0 Å². The zero-order valence-electron chi connectivity index (χ0n) is 10.9. The van der Waals surface area contributed by atoms with Crippen LogP contribution in [0.2, 0.25) is 0 Å². The molecule has 0 spiro atoms. The SMILES string of the molecule is CC(C)C(N)c1nc2cnccc2n1C(C)C. The highest BCUT2D eigenvalue weighted by Crippen LogP contribution is 2.26. The first-order valence-corrected chi connectivity index (χ1v) is 6.09. The summed E-state index contributed by atoms with van der Waals surface area (Å²) in [6.45, 7) is 8.54. The Morgan fingerprint density at radius 3 is 2.53 bits per heavy atom. The molecule has 1 atom stereocenters. The van der Waals surface area contributed by atoms with Crippen LogP contribution in [0.15, 0.2) is 18.5 Å². The zero-order valence-corrected chi connectivity index (χ0v) is 10.9. The Kier molecular flexibility index (Phi) is 3.15. The second kappa shape index (κ2) is 4.45. The van der Waals surface area contributed by atoms with E-state index >= 15 is 0 Å². The Hall–Kier alpha value is -1.42. The molecule has 2 heterocycles. The van der Waals surface area contributed by atoms with Gasteiger partial charge in [0.2, 0.25) is 0 Å². The van der Waals surface area contributed by atoms with Gasteiger partial charge in [0.1, 0.15) is 11.3 Å². The summed E-state index contributed by atoms with van der Waals surface area (Å²) in [6, 6.07) is 2.31. The predicted octanol–water partition coefficient (Wildman–Crippen LogP) is 2.67. The molecule has 4 nitrogen and oxygen atoms in total. The van der Waals surface area contributed by atoms with Gasteiger partial charge in [0.25, 0.3) is 0 Å². The summed E-state index contributed by atoms with van der Waals surface area (Å²) in [5.74, 6) is 1.33. The molecule has 0 saturated heterocycles. The quantitative estimate of drug-likeness (QED) is 0.885. The average Bonchev–Trinajstić information content (AvgIpc) is 2.66. The van der Waals surface area contributed by atoms with E-state index in [0.29, 0.717) is 12.0 Å². The van der Waals surface area contributed by atoms with E-state index in [1.54, 1.807) is 12.4 Å². The van der Waals surface area contributed by atoms with Crippen molar-refractivity contribution in [2.75, 3.05) is 0 Å². The van der Waals surface area contributed by atoms with E-state index in [-0.39, 0.29) is 6.04 Å². The van der Waals surface area contributed by atoms with Crippen LogP contribution < -0.4 is 5.73 Å². The second-order valence-corrected chi connectivity index (χ2v) is 5.07. The Morgan fingerprint density at radius 2 is 1.94 bits per heavy atom. The summed E-state index contributed by atoms with van der Waals surface area (Å²) >= 11 is 0. The zero-order chi connectivity index (χ0) is 12.6. The van der Waals surface area contributed by atoms with Crippen molar-refractivity contribution in [1.29, 1.82) is 0 Å². The number of aromatic nitrogens is 3. The molecular weight excluding hydrogens is 212 g/mol. The van der Waals surface area contributed by atoms with E-state index in [4.69, 9.17) is 5.73 Å². The summed E-state index contributed by atoms with van der Waals surface area (Å²) in [5, 5.41) is 0. The van der Waals surface area contributed by atoms with Crippen LogP contribution in [0.3, 0.4) is 0 Å². The van der Waals surface area contributed by atoms with Crippen molar-refractivity contribution in [2.24, 2.45) is 11.7 Å². The van der Waals surface area contributed by atoms with Crippen LogP contribution in [0, 0.1) is 5.92 Å². The molecular formula is C13H20N4. The molecule has 0 aromatic carbocycles. The normalized spacial score (nSPS) is 13.8. The van der Waals surface area contributed by atoms with Crippen molar-refractivity contribution < 1.29 is 0 Å². The van der Waals surface area contributed by atoms with Gasteiger partial charge < -0.3 is 10.3 Å². The topological polar surface area (TPSA) is 56.7 Å². The maximum Gasteiger partial charge on any atom is 0.127 e. The van der Waals surface area contributed by atoms with Gasteiger partial charge in [0, 0.05) is 12.2 Å². The second-order valence-electron chi connectivity index (χ2n) is 5.07. The molecule has 17 heavy (non-hydrogen) atoms. The standard InChI is InChI=1S/C13H20N4/c1-8(2)12(14)13-16-10-7-15-6-5-11(10)17(13)9(3)4/h5-9,12H,14H2,1-4H3. The number of hydrogen-bond acceptors (Lipinski definition) is 3. The van der Waals surface area contributed by atoms with Gasteiger partial charge in [0.05, 0.1) is 17.8 Å². The molecule has 0 saturated carbocycles. The fourth-order valence-electron chi connectivity index (χ4n) is 2.05. The fourth-order valence-corrected chi connectivity index (χ4v) is 2.05. The minimum absolute atomic E-state index is 0.0372. The molecule has 92 valence electrons. The van der Waals surface area contributed by atoms with E-state index in [1.165, 1.54) is 0 Å². The van der Waals surface area contributed by atoms with E-state index in [2.05, 4.69) is 42.2 Å². The van der Waals surface area contributed by atoms with E-state index in [1.807, 2.05) is 6.07 Å². The van der Waals surface area contributed by atoms with Crippen molar-refractivity contribution in [3.8, 4) is 0 Å². The molecule has 2 aromatic heterocycles. The maximum absolute atomic E-state index is 6.24. The van der Waals surface area contributed by atoms with Crippen LogP contribution in [-0.2, 0) is 0 Å². The van der Waals surface area contributed by atoms with Gasteiger partial charge in [-0.15, -0.1) is 0 Å². The third-order valence-corrected chi connectivity index (χ3v) is 3.05. The number of rotatable bonds is 3. The lowest BCUT2D eigenvalue weighted by atomic mass is 10.0. The van der Waals surface area contributed by atoms with Gasteiger partial charge in [-0.3, -0.25) is 4.98 Å². The fraction of sp³-hybridized carbons (Fsp3) is 0.538. The summed E-state index contributed by atoms with van der Waals surface area (Å²) in [6.07, 6.45) is 3.60. The van der Waals surface area contributed by atoms with Crippen LogP contribution in [0.4, 0.5) is 0 Å². The van der Waals surface area contributed by atoms with E-state index in [9.17, 15) is 0 Å². The van der Waals surface area contributed by atoms with Crippen molar-refractivity contribution in [3.63, 3.8) is 0 Å². The van der Waals surface area contributed by atoms with Gasteiger partial charge in [-0.25, -0.2) is 4.98 Å². The number of imidazole rings is 1. The molecule has 0 fully saturated rings. The minimum atomic E-state index is -0.0372. The third kappa shape index (κ3) is 2.05. The molecule has 0 aliphatic heterocycles. The Balaban J connectivity index is 2.66. The highest BCUT2D eigenvalue weighted by Gasteiger charge is 2.20. The molecule has 0 bridgehead atoms. The van der Waals surface area contributed by atoms with E-state index in [0.717, 1.165) is 16.9 Å². The molecule has 1 unspecified atom stereocenters. The van der Waals surface area contributed by atoms with Crippen LogP contribution in [0.5, 0.6) is 0 Å². The molecule has 2 aromatic rings. The van der Waals surface area contributed by atoms with E-state index < -0.39 is 0 Å². The van der Waals surface area contributed by atoms with Crippen LogP contribution >= 0.6 is 0 Å². The number of nitrogens with zero attached hydrogens (tertiary/aromatic N) is 3. The summed E-state index contributed by atoms with van der Waals surface area (Å²) in [5.41, 5.74) is 8.27. The maximum atomic E-state index is 6.24. The first-order valence-electron chi connectivity index (χ1n) is 6.09. The molecule has 0 radical (unpaired) electrons. The Morgan fingerprint density at radius 1 is 1.24 bits per heavy atom. The lowest BCUT2D eigenvalue weighted by Gasteiger charge is -2.19. The molecule has 0 aliphatic rings. The average molecular weight is 232 g/mol. The lowest BCUT2D eigenvalue weighted by molar-refractivity contribution is 0.453. The van der Waals surface area contributed by atoms with Crippen molar-refractivity contribution in [3.05, 3.63) is 24.3 Å². The molecule has 0 amide bonds. The van der Waals surface area contributed by atoms with Crippen LogP contribution in [0.25, 0.3) is 11.0 Å². The Labute approximate surface area is 102 Å². The summed E-state index contributed by atoms with van der Waals surface area (Å²) in [7, 11) is 0. The monoisotopic (exact) mass is 232 g/mol. The highest BCUT2D eigenvalue weighted by molar-refractivity contribution is 5.75. The first-order chi connectivity index (χ1) is 8.02. The predicted molar refractivity (Wildman–Crippen MR) is 69.7 cm³/mol. The Bertz CT molecular complexity index is 513. The first kappa shape index (κ1) is 12.0. The van der Waals surface area contributed by atoms with Crippen LogP contribution in [0.1, 0.15) is 45.6 Å². The van der Waals surface area contributed by atoms with Gasteiger partial charge in [0.15, 0.2) is 0 Å². The van der Waals surface area contributed by atoms with Crippen LogP contribution in [-0.4, -0.2) is 14.5 Å². The van der Waals surface area contributed by atoms with Gasteiger partial charge >= 0.3 is 0 Å². The number of hydrogen-bond donors (Lipinski definition) is 1. The largest absolute Gasteiger partial charge is 0.324 e. The summed E-state index contributed by atoms with van der Waals surface area (Å²) < 4.78 is 2.21. The highest BCUT2D eigenvalue weighted by atomic mass is 15.1. The molecule has 2 N–H and O–H groups in total. The number of pyridine rings is 1. The van der Waals surface area contributed by atoms with Gasteiger partial charge in [-0.05, 0) is 25.8 Å². The van der Waals surface area contributed by atoms with Gasteiger partial charge in [-0.1, -0.05) is 13.8 Å². The smallest absolute Gasteiger partial charge is 0.127 e. The number of nitrogens with two attached hydrogens (primary N) is 1.